The molecule has 1 N–H and O–H groups in total. The van der Waals surface area contributed by atoms with Gasteiger partial charge in [-0.25, -0.2) is 4.39 Å². The molecule has 1 unspecified atom stereocenters. The molecule has 0 aromatic heterocycles. The third-order valence-electron chi connectivity index (χ3n) is 2.76. The Morgan fingerprint density at radius 3 is 2.71 bits per heavy atom. The van der Waals surface area contributed by atoms with E-state index in [1.165, 1.54) is 0 Å². The Morgan fingerprint density at radius 2 is 2.12 bits per heavy atom. The van der Waals surface area contributed by atoms with Gasteiger partial charge in [0.1, 0.15) is 5.82 Å². The average molecular weight is 239 g/mol. The van der Waals surface area contributed by atoms with Gasteiger partial charge in [0.25, 0.3) is 0 Å². The average Bonchev–Trinajstić information content (AvgIpc) is 2.27. The molecule has 0 bridgehead atoms. The number of hydrogen-bond acceptors (Lipinski definition) is 2. The summed E-state index contributed by atoms with van der Waals surface area (Å²) in [6.07, 6.45) is 1.94. The Kier molecular flexibility index (Phi) is 6.16. The van der Waals surface area contributed by atoms with Crippen LogP contribution >= 0.6 is 0 Å². The molecule has 0 fully saturated rings. The van der Waals surface area contributed by atoms with Crippen LogP contribution in [0.3, 0.4) is 0 Å². The predicted octanol–water partition coefficient (Wildman–Crippen LogP) is 3.21. The quantitative estimate of drug-likeness (QED) is 0.738. The van der Waals surface area contributed by atoms with Crippen LogP contribution in [-0.2, 0) is 4.74 Å². The van der Waals surface area contributed by atoms with Gasteiger partial charge in [-0.15, -0.1) is 0 Å². The molecule has 0 radical (unpaired) electrons. The van der Waals surface area contributed by atoms with Crippen molar-refractivity contribution in [1.82, 2.24) is 5.32 Å². The molecule has 96 valence electrons. The molecule has 1 aromatic carbocycles. The molecule has 0 aliphatic rings. The van der Waals surface area contributed by atoms with Crippen LogP contribution in [0.1, 0.15) is 36.9 Å². The lowest BCUT2D eigenvalue weighted by atomic mass is 10.00. The van der Waals surface area contributed by atoms with Gasteiger partial charge in [-0.05, 0) is 49.6 Å². The van der Waals surface area contributed by atoms with E-state index in [0.29, 0.717) is 0 Å². The Bertz CT molecular complexity index is 321. The zero-order valence-corrected chi connectivity index (χ0v) is 10.9. The minimum atomic E-state index is -0.158. The van der Waals surface area contributed by atoms with Crippen LogP contribution in [0.5, 0.6) is 0 Å². The van der Waals surface area contributed by atoms with E-state index in [1.54, 1.807) is 19.2 Å². The molecule has 17 heavy (non-hydrogen) atoms. The van der Waals surface area contributed by atoms with Crippen molar-refractivity contribution in [3.05, 3.63) is 35.1 Å². The smallest absolute Gasteiger partial charge is 0.123 e. The fraction of sp³-hybridized carbons (Fsp3) is 0.571. The monoisotopic (exact) mass is 239 g/mol. The van der Waals surface area contributed by atoms with Crippen molar-refractivity contribution >= 4 is 0 Å². The lowest BCUT2D eigenvalue weighted by molar-refractivity contribution is 0.189. The number of rotatable bonds is 7. The predicted molar refractivity (Wildman–Crippen MR) is 68.7 cm³/mol. The highest BCUT2D eigenvalue weighted by Crippen LogP contribution is 2.21. The first-order valence-corrected chi connectivity index (χ1v) is 6.16. The van der Waals surface area contributed by atoms with Crippen molar-refractivity contribution in [1.29, 1.82) is 0 Å². The maximum absolute atomic E-state index is 13.4. The molecular weight excluding hydrogens is 217 g/mol. The normalized spacial score (nSPS) is 12.7. The summed E-state index contributed by atoms with van der Waals surface area (Å²) in [4.78, 5) is 0. The maximum Gasteiger partial charge on any atom is 0.123 e. The van der Waals surface area contributed by atoms with E-state index in [9.17, 15) is 4.39 Å². The molecular formula is C14H22FNO. The lowest BCUT2D eigenvalue weighted by Crippen LogP contribution is -2.21. The Labute approximate surface area is 103 Å². The molecule has 0 amide bonds. The van der Waals surface area contributed by atoms with E-state index in [4.69, 9.17) is 4.74 Å². The van der Waals surface area contributed by atoms with Gasteiger partial charge in [0, 0.05) is 19.8 Å². The van der Waals surface area contributed by atoms with Crippen LogP contribution in [0.4, 0.5) is 4.39 Å². The minimum Gasteiger partial charge on any atom is -0.385 e. The molecule has 0 saturated heterocycles. The number of benzene rings is 1. The number of ether oxygens (including phenoxy) is 1. The number of halogens is 1. The number of aryl methyl sites for hydroxylation is 1. The number of nitrogens with one attached hydrogen (secondary N) is 1. The first kappa shape index (κ1) is 14.1. The topological polar surface area (TPSA) is 21.3 Å². The van der Waals surface area contributed by atoms with Crippen LogP contribution in [0.15, 0.2) is 18.2 Å². The number of methoxy groups -OCH3 is 1. The molecule has 0 aliphatic heterocycles. The lowest BCUT2D eigenvalue weighted by Gasteiger charge is -2.19. The zero-order chi connectivity index (χ0) is 12.7. The highest BCUT2D eigenvalue weighted by atomic mass is 19.1. The van der Waals surface area contributed by atoms with Gasteiger partial charge in [-0.1, -0.05) is 13.0 Å². The summed E-state index contributed by atoms with van der Waals surface area (Å²) in [5, 5.41) is 3.39. The van der Waals surface area contributed by atoms with Crippen molar-refractivity contribution in [2.24, 2.45) is 0 Å². The van der Waals surface area contributed by atoms with Crippen molar-refractivity contribution < 1.29 is 9.13 Å². The molecule has 0 heterocycles. The van der Waals surface area contributed by atoms with Crippen LogP contribution in [-0.4, -0.2) is 20.3 Å². The second-order valence-electron chi connectivity index (χ2n) is 4.31. The van der Waals surface area contributed by atoms with E-state index < -0.39 is 0 Å². The third kappa shape index (κ3) is 4.84. The highest BCUT2D eigenvalue weighted by Gasteiger charge is 2.11. The van der Waals surface area contributed by atoms with Crippen LogP contribution in [0, 0.1) is 12.7 Å². The van der Waals surface area contributed by atoms with Gasteiger partial charge in [0.15, 0.2) is 0 Å². The van der Waals surface area contributed by atoms with Crippen molar-refractivity contribution in [3.63, 3.8) is 0 Å². The van der Waals surface area contributed by atoms with Crippen molar-refractivity contribution in [2.45, 2.75) is 32.7 Å². The van der Waals surface area contributed by atoms with Crippen LogP contribution in [0.25, 0.3) is 0 Å². The zero-order valence-electron chi connectivity index (χ0n) is 10.9. The summed E-state index contributed by atoms with van der Waals surface area (Å²) >= 11 is 0. The van der Waals surface area contributed by atoms with E-state index in [1.807, 2.05) is 13.0 Å². The summed E-state index contributed by atoms with van der Waals surface area (Å²) in [7, 11) is 1.70. The van der Waals surface area contributed by atoms with Gasteiger partial charge in [0.2, 0.25) is 0 Å². The first-order valence-electron chi connectivity index (χ1n) is 6.16. The summed E-state index contributed by atoms with van der Waals surface area (Å²) < 4.78 is 18.4. The molecule has 0 spiro atoms. The van der Waals surface area contributed by atoms with Gasteiger partial charge in [-0.2, -0.15) is 0 Å². The molecule has 0 saturated carbocycles. The summed E-state index contributed by atoms with van der Waals surface area (Å²) in [6.45, 7) is 5.61. The molecule has 1 rings (SSSR count). The summed E-state index contributed by atoms with van der Waals surface area (Å²) in [6, 6.07) is 5.43. The Morgan fingerprint density at radius 1 is 1.35 bits per heavy atom. The third-order valence-corrected chi connectivity index (χ3v) is 2.76. The standard InChI is InChI=1S/C14H22FNO/c1-4-16-14(6-5-7-17-3)12-8-11(2)9-13(15)10-12/h8-10,14,16H,4-7H2,1-3H3. The first-order chi connectivity index (χ1) is 8.17. The number of hydrogen-bond donors (Lipinski definition) is 1. The van der Waals surface area contributed by atoms with Crippen molar-refractivity contribution in [3.8, 4) is 0 Å². The van der Waals surface area contributed by atoms with E-state index in [-0.39, 0.29) is 11.9 Å². The van der Waals surface area contributed by atoms with E-state index in [2.05, 4.69) is 12.2 Å². The minimum absolute atomic E-state index is 0.158. The van der Waals surface area contributed by atoms with Gasteiger partial charge >= 0.3 is 0 Å². The van der Waals surface area contributed by atoms with E-state index >= 15 is 0 Å². The molecule has 2 nitrogen and oxygen atoms in total. The second kappa shape index (κ2) is 7.41. The summed E-state index contributed by atoms with van der Waals surface area (Å²) in [5.41, 5.74) is 2.00. The molecule has 0 aliphatic carbocycles. The maximum atomic E-state index is 13.4. The Balaban J connectivity index is 2.73. The van der Waals surface area contributed by atoms with Crippen LogP contribution < -0.4 is 5.32 Å². The van der Waals surface area contributed by atoms with Crippen LogP contribution in [0.2, 0.25) is 0 Å². The fourth-order valence-corrected chi connectivity index (χ4v) is 2.03. The molecule has 3 heteroatoms. The fourth-order valence-electron chi connectivity index (χ4n) is 2.03. The largest absolute Gasteiger partial charge is 0.385 e. The molecule has 1 aromatic rings. The van der Waals surface area contributed by atoms with Crippen molar-refractivity contribution in [2.75, 3.05) is 20.3 Å². The van der Waals surface area contributed by atoms with E-state index in [0.717, 1.165) is 37.1 Å². The summed E-state index contributed by atoms with van der Waals surface area (Å²) in [5.74, 6) is -0.158. The van der Waals surface area contributed by atoms with Gasteiger partial charge in [0.05, 0.1) is 0 Å². The highest BCUT2D eigenvalue weighted by molar-refractivity contribution is 5.26. The van der Waals surface area contributed by atoms with Gasteiger partial charge in [-0.3, -0.25) is 0 Å². The second-order valence-corrected chi connectivity index (χ2v) is 4.31. The SMILES string of the molecule is CCNC(CCCOC)c1cc(C)cc(F)c1. The Hall–Kier alpha value is -0.930. The molecule has 1 atom stereocenters. The van der Waals surface area contributed by atoms with Gasteiger partial charge < -0.3 is 10.1 Å².